The predicted molar refractivity (Wildman–Crippen MR) is 185 cm³/mol. The fraction of sp³-hybridized carbons (Fsp3) is 0.0714. The summed E-state index contributed by atoms with van der Waals surface area (Å²) in [5, 5.41) is 0. The van der Waals surface area contributed by atoms with Gasteiger partial charge in [-0.05, 0) is 68.8 Å². The highest BCUT2D eigenvalue weighted by Gasteiger charge is 2.35. The van der Waals surface area contributed by atoms with E-state index in [2.05, 4.69) is 140 Å². The van der Waals surface area contributed by atoms with Crippen molar-refractivity contribution in [3.8, 4) is 67.3 Å². The van der Waals surface area contributed by atoms with E-state index in [1.165, 1.54) is 38.9 Å². The van der Waals surface area contributed by atoms with Gasteiger partial charge in [0.15, 0.2) is 5.82 Å². The van der Waals surface area contributed by atoms with Crippen LogP contribution < -0.4 is 0 Å². The number of fused-ring (bicyclic) bond motifs is 3. The normalized spacial score (nSPS) is 12.8. The van der Waals surface area contributed by atoms with Crippen molar-refractivity contribution in [3.05, 3.63) is 163 Å². The summed E-state index contributed by atoms with van der Waals surface area (Å²) >= 11 is 0. The SMILES string of the molecule is CC1(C)c2ccccc2-c2cc(-c3ccc(-c4cc(-c5cccnc5)nc(-c5ccc(-c6ccccc6)cc5)n4)cc3)ccc21. The van der Waals surface area contributed by atoms with Gasteiger partial charge in [-0.3, -0.25) is 4.98 Å². The molecular weight excluding hydrogens is 546 g/mol. The first-order chi connectivity index (χ1) is 22.0. The van der Waals surface area contributed by atoms with Crippen molar-refractivity contribution in [1.29, 1.82) is 0 Å². The van der Waals surface area contributed by atoms with Crippen molar-refractivity contribution in [1.82, 2.24) is 15.0 Å². The van der Waals surface area contributed by atoms with Crippen LogP contribution in [0.25, 0.3) is 67.3 Å². The lowest BCUT2D eigenvalue weighted by molar-refractivity contribution is 0.660. The summed E-state index contributed by atoms with van der Waals surface area (Å²) < 4.78 is 0. The van der Waals surface area contributed by atoms with Gasteiger partial charge in [-0.1, -0.05) is 129 Å². The summed E-state index contributed by atoms with van der Waals surface area (Å²) in [5.74, 6) is 0.690. The lowest BCUT2D eigenvalue weighted by Crippen LogP contribution is -2.14. The van der Waals surface area contributed by atoms with Crippen LogP contribution in [-0.2, 0) is 5.41 Å². The van der Waals surface area contributed by atoms with E-state index in [1.807, 2.05) is 24.4 Å². The Morgan fingerprint density at radius 1 is 0.422 bits per heavy atom. The van der Waals surface area contributed by atoms with Crippen molar-refractivity contribution in [2.24, 2.45) is 0 Å². The molecule has 0 aliphatic heterocycles. The molecule has 214 valence electrons. The molecule has 0 atom stereocenters. The third-order valence-corrected chi connectivity index (χ3v) is 9.03. The van der Waals surface area contributed by atoms with Crippen LogP contribution in [0, 0.1) is 0 Å². The fourth-order valence-electron chi connectivity index (χ4n) is 6.56. The molecule has 3 nitrogen and oxygen atoms in total. The second-order valence-electron chi connectivity index (χ2n) is 12.2. The Balaban J connectivity index is 1.16. The highest BCUT2D eigenvalue weighted by Crippen LogP contribution is 2.49. The van der Waals surface area contributed by atoms with Crippen molar-refractivity contribution < 1.29 is 0 Å². The fourth-order valence-corrected chi connectivity index (χ4v) is 6.56. The number of aromatic nitrogens is 3. The third kappa shape index (κ3) is 4.83. The quantitative estimate of drug-likeness (QED) is 0.204. The highest BCUT2D eigenvalue weighted by molar-refractivity contribution is 5.85. The molecule has 8 rings (SSSR count). The van der Waals surface area contributed by atoms with Crippen molar-refractivity contribution in [2.45, 2.75) is 19.3 Å². The van der Waals surface area contributed by atoms with Crippen LogP contribution in [0.1, 0.15) is 25.0 Å². The molecule has 2 aromatic heterocycles. The highest BCUT2D eigenvalue weighted by atomic mass is 14.9. The van der Waals surface area contributed by atoms with Gasteiger partial charge in [0.2, 0.25) is 0 Å². The maximum absolute atomic E-state index is 5.06. The second-order valence-corrected chi connectivity index (χ2v) is 12.2. The Kier molecular flexibility index (Phi) is 6.46. The molecule has 0 fully saturated rings. The molecule has 1 aliphatic carbocycles. The summed E-state index contributed by atoms with van der Waals surface area (Å²) in [6.45, 7) is 4.64. The zero-order valence-corrected chi connectivity index (χ0v) is 25.3. The molecule has 0 saturated heterocycles. The molecule has 0 amide bonds. The number of hydrogen-bond donors (Lipinski definition) is 0. The molecule has 1 aliphatic rings. The summed E-state index contributed by atoms with van der Waals surface area (Å²) in [7, 11) is 0. The number of nitrogens with zero attached hydrogens (tertiary/aromatic N) is 3. The number of pyridine rings is 1. The number of hydrogen-bond acceptors (Lipinski definition) is 3. The Labute approximate surface area is 264 Å². The van der Waals surface area contributed by atoms with Crippen LogP contribution in [0.2, 0.25) is 0 Å². The van der Waals surface area contributed by atoms with Gasteiger partial charge in [-0.15, -0.1) is 0 Å². The van der Waals surface area contributed by atoms with Gasteiger partial charge in [0.1, 0.15) is 0 Å². The van der Waals surface area contributed by atoms with Crippen LogP contribution in [-0.4, -0.2) is 15.0 Å². The van der Waals surface area contributed by atoms with E-state index in [1.54, 1.807) is 6.20 Å². The van der Waals surface area contributed by atoms with Crippen LogP contribution in [0.4, 0.5) is 0 Å². The van der Waals surface area contributed by atoms with E-state index in [0.717, 1.165) is 33.6 Å². The topological polar surface area (TPSA) is 38.7 Å². The zero-order valence-electron chi connectivity index (χ0n) is 25.3. The molecule has 7 aromatic rings. The monoisotopic (exact) mass is 577 g/mol. The minimum absolute atomic E-state index is 0.00683. The molecule has 0 radical (unpaired) electrons. The first-order valence-electron chi connectivity index (χ1n) is 15.4. The van der Waals surface area contributed by atoms with Crippen LogP contribution in [0.5, 0.6) is 0 Å². The maximum atomic E-state index is 5.06. The smallest absolute Gasteiger partial charge is 0.160 e. The second kappa shape index (κ2) is 10.8. The van der Waals surface area contributed by atoms with Crippen molar-refractivity contribution in [2.75, 3.05) is 0 Å². The summed E-state index contributed by atoms with van der Waals surface area (Å²) in [4.78, 5) is 14.4. The molecule has 0 N–H and O–H groups in total. The van der Waals surface area contributed by atoms with Gasteiger partial charge < -0.3 is 0 Å². The molecule has 0 spiro atoms. The molecule has 0 bridgehead atoms. The molecule has 3 heteroatoms. The molecule has 2 heterocycles. The number of benzene rings is 5. The van der Waals surface area contributed by atoms with E-state index in [9.17, 15) is 0 Å². The van der Waals surface area contributed by atoms with E-state index < -0.39 is 0 Å². The van der Waals surface area contributed by atoms with Crippen LogP contribution >= 0.6 is 0 Å². The lowest BCUT2D eigenvalue weighted by Gasteiger charge is -2.21. The Morgan fingerprint density at radius 2 is 0.978 bits per heavy atom. The molecule has 45 heavy (non-hydrogen) atoms. The van der Waals surface area contributed by atoms with E-state index in [4.69, 9.17) is 9.97 Å². The standard InChI is InChI=1S/C42H31N3/c1-42(2)37-13-7-6-12-35(37)36-25-33(22-23-38(36)42)30-14-18-31(19-15-30)39-26-40(34-11-8-24-43-27-34)45-41(44-39)32-20-16-29(17-21-32)28-9-4-3-5-10-28/h3-27H,1-2H3. The van der Waals surface area contributed by atoms with Gasteiger partial charge in [-0.2, -0.15) is 0 Å². The van der Waals surface area contributed by atoms with Crippen molar-refractivity contribution >= 4 is 0 Å². The number of rotatable bonds is 5. The van der Waals surface area contributed by atoms with Gasteiger partial charge in [-0.25, -0.2) is 9.97 Å². The molecule has 0 unspecified atom stereocenters. The zero-order chi connectivity index (χ0) is 30.4. The largest absolute Gasteiger partial charge is 0.264 e. The molecule has 0 saturated carbocycles. The third-order valence-electron chi connectivity index (χ3n) is 9.03. The minimum atomic E-state index is 0.00683. The lowest BCUT2D eigenvalue weighted by atomic mass is 9.82. The van der Waals surface area contributed by atoms with E-state index >= 15 is 0 Å². The van der Waals surface area contributed by atoms with Crippen LogP contribution in [0.3, 0.4) is 0 Å². The van der Waals surface area contributed by atoms with Crippen molar-refractivity contribution in [3.63, 3.8) is 0 Å². The summed E-state index contributed by atoms with van der Waals surface area (Å²) in [5.41, 5.74) is 14.9. The van der Waals surface area contributed by atoms with Crippen LogP contribution in [0.15, 0.2) is 152 Å². The maximum Gasteiger partial charge on any atom is 0.160 e. The average molecular weight is 578 g/mol. The Morgan fingerprint density at radius 3 is 1.71 bits per heavy atom. The van der Waals surface area contributed by atoms with E-state index in [0.29, 0.717) is 5.82 Å². The summed E-state index contributed by atoms with van der Waals surface area (Å²) in [6.07, 6.45) is 3.64. The first-order valence-corrected chi connectivity index (χ1v) is 15.4. The van der Waals surface area contributed by atoms with E-state index in [-0.39, 0.29) is 5.41 Å². The summed E-state index contributed by atoms with van der Waals surface area (Å²) in [6, 6.07) is 49.3. The first kappa shape index (κ1) is 26.9. The van der Waals surface area contributed by atoms with Gasteiger partial charge in [0.25, 0.3) is 0 Å². The Hall–Kier alpha value is -5.67. The molecular formula is C42H31N3. The van der Waals surface area contributed by atoms with Gasteiger partial charge >= 0.3 is 0 Å². The Bertz CT molecular complexity index is 2150. The predicted octanol–water partition coefficient (Wildman–Crippen LogP) is 10.5. The average Bonchev–Trinajstić information content (AvgIpc) is 3.34. The molecule has 5 aromatic carbocycles. The minimum Gasteiger partial charge on any atom is -0.264 e. The van der Waals surface area contributed by atoms with Gasteiger partial charge in [0.05, 0.1) is 11.4 Å². The van der Waals surface area contributed by atoms with Gasteiger partial charge in [0, 0.05) is 34.5 Å².